The monoisotopic (exact) mass is 516 g/mol. The van der Waals surface area contributed by atoms with E-state index in [-0.39, 0.29) is 30.3 Å². The number of thioether (sulfide) groups is 1. The van der Waals surface area contributed by atoms with Gasteiger partial charge in [0, 0.05) is 16.1 Å². The van der Waals surface area contributed by atoms with Gasteiger partial charge in [0.05, 0.1) is 12.4 Å². The lowest BCUT2D eigenvalue weighted by Crippen LogP contribution is -2.30. The van der Waals surface area contributed by atoms with Gasteiger partial charge in [-0.1, -0.05) is 48.0 Å². The number of amides is 2. The smallest absolute Gasteiger partial charge is 0.313 e. The Morgan fingerprint density at radius 3 is 2.32 bits per heavy atom. The Kier molecular flexibility index (Phi) is 10.2. The third-order valence-corrected chi connectivity index (χ3v) is 6.11. The number of aryl methyl sites for hydroxylation is 1. The number of rotatable bonds is 11. The maximum Gasteiger partial charge on any atom is 0.313 e. The number of carbonyl (C=O) groups excluding carboxylic acids is 4. The fourth-order valence-corrected chi connectivity index (χ4v) is 4.05. The number of carbonyl (C=O) groups is 4. The van der Waals surface area contributed by atoms with Crippen LogP contribution in [0.2, 0.25) is 0 Å². The largest absolute Gasteiger partial charge is 0.466 e. The first-order valence-corrected chi connectivity index (χ1v) is 12.7. The standard InChI is InChI=1S/C29H28N2O5S/c1-3-36-27(33)18-24(32)19-37-25-14-12-23(13-15-25)30-29(35)26(17-21-9-7-8-20(2)16-21)31-28(34)22-10-5-4-6-11-22/h4-17H,3,18-19H2,1-2H3,(H,30,35)(H,31,34)/b26-17-. The van der Waals surface area contributed by atoms with Crippen molar-refractivity contribution in [1.29, 1.82) is 0 Å². The van der Waals surface area contributed by atoms with Gasteiger partial charge in [0.2, 0.25) is 0 Å². The molecular formula is C29H28N2O5S. The molecule has 0 fully saturated rings. The molecule has 3 aromatic carbocycles. The maximum atomic E-state index is 13.1. The van der Waals surface area contributed by atoms with Gasteiger partial charge in [-0.25, -0.2) is 0 Å². The average molecular weight is 517 g/mol. The number of esters is 1. The quantitative estimate of drug-likeness (QED) is 0.161. The van der Waals surface area contributed by atoms with Gasteiger partial charge in [-0.2, -0.15) is 0 Å². The Balaban J connectivity index is 1.68. The summed E-state index contributed by atoms with van der Waals surface area (Å²) in [5.74, 6) is -1.48. The van der Waals surface area contributed by atoms with E-state index in [0.29, 0.717) is 11.3 Å². The fourth-order valence-electron chi connectivity index (χ4n) is 3.29. The predicted molar refractivity (Wildman–Crippen MR) is 145 cm³/mol. The fraction of sp³-hybridized carbons (Fsp3) is 0.172. The summed E-state index contributed by atoms with van der Waals surface area (Å²) in [4.78, 5) is 50.1. The van der Waals surface area contributed by atoms with E-state index in [1.165, 1.54) is 11.8 Å². The van der Waals surface area contributed by atoms with Gasteiger partial charge in [-0.15, -0.1) is 11.8 Å². The van der Waals surface area contributed by atoms with Crippen molar-refractivity contribution in [2.45, 2.75) is 25.2 Å². The highest BCUT2D eigenvalue weighted by Gasteiger charge is 2.15. The van der Waals surface area contributed by atoms with Crippen molar-refractivity contribution >= 4 is 47.1 Å². The van der Waals surface area contributed by atoms with Crippen LogP contribution in [0.1, 0.15) is 34.8 Å². The van der Waals surface area contributed by atoms with Crippen LogP contribution in [-0.2, 0) is 19.1 Å². The first kappa shape index (κ1) is 27.4. The van der Waals surface area contributed by atoms with E-state index in [2.05, 4.69) is 10.6 Å². The third kappa shape index (κ3) is 9.09. The lowest BCUT2D eigenvalue weighted by Gasteiger charge is -2.12. The Labute approximate surface area is 220 Å². The van der Waals surface area contributed by atoms with Crippen molar-refractivity contribution in [3.8, 4) is 0 Å². The minimum absolute atomic E-state index is 0.0995. The van der Waals surface area contributed by atoms with E-state index in [4.69, 9.17) is 4.74 Å². The molecule has 0 bridgehead atoms. The third-order valence-electron chi connectivity index (χ3n) is 5.04. The lowest BCUT2D eigenvalue weighted by molar-refractivity contribution is -0.145. The zero-order valence-corrected chi connectivity index (χ0v) is 21.5. The summed E-state index contributed by atoms with van der Waals surface area (Å²) in [7, 11) is 0. The average Bonchev–Trinajstić information content (AvgIpc) is 2.88. The molecule has 0 saturated carbocycles. The Hall–Kier alpha value is -4.17. The molecule has 37 heavy (non-hydrogen) atoms. The van der Waals surface area contributed by atoms with Crippen molar-refractivity contribution in [2.75, 3.05) is 17.7 Å². The highest BCUT2D eigenvalue weighted by Crippen LogP contribution is 2.21. The summed E-state index contributed by atoms with van der Waals surface area (Å²) in [6.07, 6.45) is 1.38. The summed E-state index contributed by atoms with van der Waals surface area (Å²) in [6.45, 7) is 3.88. The molecule has 0 spiro atoms. The van der Waals surface area contributed by atoms with Gasteiger partial charge in [0.15, 0.2) is 5.78 Å². The Morgan fingerprint density at radius 1 is 0.919 bits per heavy atom. The van der Waals surface area contributed by atoms with E-state index in [0.717, 1.165) is 16.0 Å². The number of benzene rings is 3. The van der Waals surface area contributed by atoms with Gasteiger partial charge in [0.25, 0.3) is 11.8 Å². The van der Waals surface area contributed by atoms with Crippen LogP contribution in [0.25, 0.3) is 6.08 Å². The molecule has 0 aliphatic heterocycles. The van der Waals surface area contributed by atoms with Crippen LogP contribution in [0.15, 0.2) is 89.5 Å². The minimum atomic E-state index is -0.528. The van der Waals surface area contributed by atoms with Crippen LogP contribution in [0.5, 0.6) is 0 Å². The zero-order chi connectivity index (χ0) is 26.6. The highest BCUT2D eigenvalue weighted by atomic mass is 32.2. The van der Waals surface area contributed by atoms with Crippen molar-refractivity contribution in [3.05, 3.63) is 101 Å². The van der Waals surface area contributed by atoms with Crippen molar-refractivity contribution in [1.82, 2.24) is 5.32 Å². The molecule has 190 valence electrons. The molecule has 3 aromatic rings. The zero-order valence-electron chi connectivity index (χ0n) is 20.7. The van der Waals surface area contributed by atoms with Gasteiger partial charge >= 0.3 is 5.97 Å². The number of ether oxygens (including phenoxy) is 1. The van der Waals surface area contributed by atoms with E-state index in [1.807, 2.05) is 37.3 Å². The molecule has 2 N–H and O–H groups in total. The number of nitrogens with one attached hydrogen (secondary N) is 2. The topological polar surface area (TPSA) is 102 Å². The first-order chi connectivity index (χ1) is 17.8. The number of hydrogen-bond acceptors (Lipinski definition) is 6. The highest BCUT2D eigenvalue weighted by molar-refractivity contribution is 8.00. The molecule has 0 aliphatic rings. The van der Waals surface area contributed by atoms with Crippen molar-refractivity contribution < 1.29 is 23.9 Å². The van der Waals surface area contributed by atoms with Gasteiger partial charge < -0.3 is 15.4 Å². The van der Waals surface area contributed by atoms with E-state index in [1.54, 1.807) is 61.5 Å². The van der Waals surface area contributed by atoms with Crippen molar-refractivity contribution in [3.63, 3.8) is 0 Å². The molecule has 0 aromatic heterocycles. The van der Waals surface area contributed by atoms with E-state index >= 15 is 0 Å². The summed E-state index contributed by atoms with van der Waals surface area (Å²) in [5.41, 5.74) is 2.86. The number of ketones is 1. The molecule has 0 aliphatic carbocycles. The normalized spacial score (nSPS) is 10.9. The molecule has 0 saturated heterocycles. The first-order valence-electron chi connectivity index (χ1n) is 11.7. The van der Waals surface area contributed by atoms with Crippen LogP contribution in [0.4, 0.5) is 5.69 Å². The van der Waals surface area contributed by atoms with Crippen LogP contribution in [-0.4, -0.2) is 35.9 Å². The molecule has 3 rings (SSSR count). The van der Waals surface area contributed by atoms with Gasteiger partial charge in [-0.05, 0) is 61.9 Å². The lowest BCUT2D eigenvalue weighted by atomic mass is 10.1. The molecule has 0 unspecified atom stereocenters. The second-order valence-corrected chi connectivity index (χ2v) is 9.13. The van der Waals surface area contributed by atoms with Gasteiger partial charge in [-0.3, -0.25) is 19.2 Å². The molecule has 0 heterocycles. The van der Waals surface area contributed by atoms with Crippen LogP contribution < -0.4 is 10.6 Å². The molecule has 0 atom stereocenters. The van der Waals surface area contributed by atoms with Crippen LogP contribution in [0, 0.1) is 6.92 Å². The maximum absolute atomic E-state index is 13.1. The molecule has 0 radical (unpaired) electrons. The second kappa shape index (κ2) is 13.8. The van der Waals surface area contributed by atoms with E-state index < -0.39 is 17.8 Å². The van der Waals surface area contributed by atoms with Crippen LogP contribution in [0.3, 0.4) is 0 Å². The molecule has 8 heteroatoms. The molecule has 2 amide bonds. The summed E-state index contributed by atoms with van der Waals surface area (Å²) in [5, 5.41) is 5.53. The number of hydrogen-bond donors (Lipinski definition) is 2. The van der Waals surface area contributed by atoms with Crippen LogP contribution >= 0.6 is 11.8 Å². The minimum Gasteiger partial charge on any atom is -0.466 e. The summed E-state index contributed by atoms with van der Waals surface area (Å²) in [6, 6.07) is 23.2. The van der Waals surface area contributed by atoms with Crippen molar-refractivity contribution in [2.24, 2.45) is 0 Å². The SMILES string of the molecule is CCOC(=O)CC(=O)CSc1ccc(NC(=O)/C(=C/c2cccc(C)c2)NC(=O)c2ccccc2)cc1. The Bertz CT molecular complexity index is 1290. The summed E-state index contributed by atoms with van der Waals surface area (Å²) < 4.78 is 4.79. The second-order valence-electron chi connectivity index (χ2n) is 8.08. The molecule has 7 nitrogen and oxygen atoms in total. The van der Waals surface area contributed by atoms with Gasteiger partial charge in [0.1, 0.15) is 12.1 Å². The molecular weight excluding hydrogens is 488 g/mol. The number of anilines is 1. The summed E-state index contributed by atoms with van der Waals surface area (Å²) >= 11 is 1.29. The Morgan fingerprint density at radius 2 is 1.65 bits per heavy atom. The number of Topliss-reactive ketones (excluding diaryl/α,β-unsaturated/α-hetero) is 1. The van der Waals surface area contributed by atoms with E-state index in [9.17, 15) is 19.2 Å². The predicted octanol–water partition coefficient (Wildman–Crippen LogP) is 5.02.